The van der Waals surface area contributed by atoms with E-state index in [1.807, 2.05) is 31.2 Å². The summed E-state index contributed by atoms with van der Waals surface area (Å²) < 4.78 is 4.44. The largest absolute Gasteiger partial charge is 0.394 e. The molecule has 0 fully saturated rings. The Bertz CT molecular complexity index is 674. The van der Waals surface area contributed by atoms with Gasteiger partial charge in [-0.05, 0) is 30.7 Å². The molecule has 142 valence electrons. The van der Waals surface area contributed by atoms with Crippen LogP contribution in [0, 0.1) is 0 Å². The number of para-hydroxylation sites is 2. The summed E-state index contributed by atoms with van der Waals surface area (Å²) in [4.78, 5) is 11.8. The average Bonchev–Trinajstić information content (AvgIpc) is 2.61. The standard InChI is InChI=1S/C16H16Cl2N2O.C3H8O2/c1-2-19-15(21)10-11-6-3-4-9-14(11)20-16-12(17)7-5-8-13(16)18;1-5-3-2-4/h3-9,20H,2,10H2,1H3,(H,19,21);4H,2-3H2,1H3. The number of aliphatic hydroxyl groups is 1. The topological polar surface area (TPSA) is 70.6 Å². The first kappa shape index (κ1) is 22.3. The van der Waals surface area contributed by atoms with Crippen molar-refractivity contribution in [3.8, 4) is 0 Å². The number of methoxy groups -OCH3 is 1. The van der Waals surface area contributed by atoms with Gasteiger partial charge >= 0.3 is 0 Å². The number of benzene rings is 2. The first-order valence-corrected chi connectivity index (χ1v) is 8.94. The average molecular weight is 399 g/mol. The Labute approximate surface area is 164 Å². The van der Waals surface area contributed by atoms with E-state index in [4.69, 9.17) is 28.3 Å². The van der Waals surface area contributed by atoms with Gasteiger partial charge in [0.05, 0.1) is 35.4 Å². The minimum atomic E-state index is -0.0167. The summed E-state index contributed by atoms with van der Waals surface area (Å²) in [6.45, 7) is 3.08. The fourth-order valence-corrected chi connectivity index (χ4v) is 2.56. The van der Waals surface area contributed by atoms with Crippen LogP contribution in [0.5, 0.6) is 0 Å². The molecule has 7 heteroatoms. The van der Waals surface area contributed by atoms with Crippen LogP contribution < -0.4 is 10.6 Å². The molecule has 1 amide bonds. The van der Waals surface area contributed by atoms with Crippen LogP contribution in [0.15, 0.2) is 42.5 Å². The number of nitrogens with one attached hydrogen (secondary N) is 2. The van der Waals surface area contributed by atoms with Gasteiger partial charge in [-0.25, -0.2) is 0 Å². The molecule has 0 bridgehead atoms. The van der Waals surface area contributed by atoms with Crippen molar-refractivity contribution >= 4 is 40.5 Å². The Hall–Kier alpha value is -1.79. The molecule has 26 heavy (non-hydrogen) atoms. The second-order valence-corrected chi connectivity index (χ2v) is 6.04. The molecule has 2 aromatic carbocycles. The molecule has 0 spiro atoms. The van der Waals surface area contributed by atoms with E-state index in [0.717, 1.165) is 11.3 Å². The zero-order chi connectivity index (χ0) is 19.4. The molecule has 0 atom stereocenters. The van der Waals surface area contributed by atoms with Crippen LogP contribution in [-0.2, 0) is 16.0 Å². The number of anilines is 2. The van der Waals surface area contributed by atoms with Gasteiger partial charge in [0.1, 0.15) is 0 Å². The Balaban J connectivity index is 0.000000597. The van der Waals surface area contributed by atoms with E-state index in [1.165, 1.54) is 0 Å². The van der Waals surface area contributed by atoms with Crippen molar-refractivity contribution in [1.29, 1.82) is 0 Å². The van der Waals surface area contributed by atoms with Gasteiger partial charge in [0.15, 0.2) is 0 Å². The highest BCUT2D eigenvalue weighted by atomic mass is 35.5. The molecule has 0 aromatic heterocycles. The highest BCUT2D eigenvalue weighted by molar-refractivity contribution is 6.39. The van der Waals surface area contributed by atoms with E-state index in [-0.39, 0.29) is 12.5 Å². The maximum atomic E-state index is 11.8. The van der Waals surface area contributed by atoms with E-state index in [2.05, 4.69) is 15.4 Å². The molecule has 2 aromatic rings. The lowest BCUT2D eigenvalue weighted by Crippen LogP contribution is -2.24. The van der Waals surface area contributed by atoms with Gasteiger partial charge in [-0.1, -0.05) is 47.5 Å². The van der Waals surface area contributed by atoms with Crippen LogP contribution >= 0.6 is 23.2 Å². The summed E-state index contributed by atoms with van der Waals surface area (Å²) in [5.41, 5.74) is 2.35. The van der Waals surface area contributed by atoms with E-state index in [0.29, 0.717) is 35.3 Å². The van der Waals surface area contributed by atoms with Gasteiger partial charge in [-0.3, -0.25) is 4.79 Å². The van der Waals surface area contributed by atoms with Gasteiger partial charge < -0.3 is 20.5 Å². The highest BCUT2D eigenvalue weighted by Gasteiger charge is 2.10. The van der Waals surface area contributed by atoms with Crippen LogP contribution in [0.4, 0.5) is 11.4 Å². The number of likely N-dealkylation sites (N-methyl/N-ethyl adjacent to an activating group) is 1. The van der Waals surface area contributed by atoms with Crippen LogP contribution in [0.2, 0.25) is 10.0 Å². The SMILES string of the molecule is CCNC(=O)Cc1ccccc1Nc1c(Cl)cccc1Cl.COCCO. The van der Waals surface area contributed by atoms with Gasteiger partial charge in [0.25, 0.3) is 0 Å². The number of amides is 1. The smallest absolute Gasteiger partial charge is 0.224 e. The van der Waals surface area contributed by atoms with Gasteiger partial charge in [0, 0.05) is 19.3 Å². The maximum absolute atomic E-state index is 11.8. The monoisotopic (exact) mass is 398 g/mol. The quantitative estimate of drug-likeness (QED) is 0.657. The van der Waals surface area contributed by atoms with Crippen molar-refractivity contribution in [3.05, 3.63) is 58.1 Å². The first-order valence-electron chi connectivity index (χ1n) is 8.18. The predicted molar refractivity (Wildman–Crippen MR) is 108 cm³/mol. The normalized spacial score (nSPS) is 9.88. The molecule has 0 aliphatic rings. The fraction of sp³-hybridized carbons (Fsp3) is 0.316. The molecule has 0 radical (unpaired) electrons. The summed E-state index contributed by atoms with van der Waals surface area (Å²) in [7, 11) is 1.55. The molecule has 0 heterocycles. The van der Waals surface area contributed by atoms with Gasteiger partial charge in [-0.2, -0.15) is 0 Å². The zero-order valence-electron chi connectivity index (χ0n) is 14.9. The summed E-state index contributed by atoms with van der Waals surface area (Å²) in [6, 6.07) is 12.9. The zero-order valence-corrected chi connectivity index (χ0v) is 16.4. The summed E-state index contributed by atoms with van der Waals surface area (Å²) >= 11 is 12.3. The molecule has 5 nitrogen and oxygen atoms in total. The number of hydrogen-bond acceptors (Lipinski definition) is 4. The number of halogens is 2. The number of aliphatic hydroxyl groups excluding tert-OH is 1. The fourth-order valence-electron chi connectivity index (χ4n) is 2.07. The lowest BCUT2D eigenvalue weighted by Gasteiger charge is -2.14. The molecule has 2 rings (SSSR count). The summed E-state index contributed by atoms with van der Waals surface area (Å²) in [5, 5.41) is 15.0. The number of rotatable bonds is 7. The Kier molecular flexibility index (Phi) is 10.7. The van der Waals surface area contributed by atoms with E-state index >= 15 is 0 Å². The molecule has 0 unspecified atom stereocenters. The van der Waals surface area contributed by atoms with Crippen molar-refractivity contribution in [3.63, 3.8) is 0 Å². The second kappa shape index (κ2) is 12.5. The first-order chi connectivity index (χ1) is 12.5. The number of ether oxygens (including phenoxy) is 1. The maximum Gasteiger partial charge on any atom is 0.224 e. The minimum Gasteiger partial charge on any atom is -0.394 e. The van der Waals surface area contributed by atoms with E-state index in [9.17, 15) is 4.79 Å². The van der Waals surface area contributed by atoms with E-state index in [1.54, 1.807) is 25.3 Å². The third-order valence-corrected chi connectivity index (χ3v) is 3.89. The lowest BCUT2D eigenvalue weighted by molar-refractivity contribution is -0.120. The Morgan fingerprint density at radius 1 is 1.12 bits per heavy atom. The van der Waals surface area contributed by atoms with Crippen molar-refractivity contribution in [1.82, 2.24) is 5.32 Å². The van der Waals surface area contributed by atoms with Crippen LogP contribution in [0.25, 0.3) is 0 Å². The number of hydrogen-bond donors (Lipinski definition) is 3. The van der Waals surface area contributed by atoms with Crippen LogP contribution in [-0.4, -0.2) is 37.9 Å². The predicted octanol–water partition coefficient (Wildman–Crippen LogP) is 4.04. The number of carbonyl (C=O) groups is 1. The van der Waals surface area contributed by atoms with Crippen molar-refractivity contribution < 1.29 is 14.6 Å². The van der Waals surface area contributed by atoms with Crippen LogP contribution in [0.3, 0.4) is 0 Å². The lowest BCUT2D eigenvalue weighted by atomic mass is 10.1. The van der Waals surface area contributed by atoms with Gasteiger partial charge in [-0.15, -0.1) is 0 Å². The van der Waals surface area contributed by atoms with Crippen molar-refractivity contribution in [2.45, 2.75) is 13.3 Å². The third-order valence-electron chi connectivity index (χ3n) is 3.26. The number of carbonyl (C=O) groups excluding carboxylic acids is 1. The second-order valence-electron chi connectivity index (χ2n) is 5.23. The van der Waals surface area contributed by atoms with Crippen LogP contribution in [0.1, 0.15) is 12.5 Å². The molecule has 0 saturated carbocycles. The van der Waals surface area contributed by atoms with Crippen molar-refractivity contribution in [2.75, 3.05) is 32.2 Å². The minimum absolute atomic E-state index is 0.0167. The Morgan fingerprint density at radius 2 is 1.77 bits per heavy atom. The summed E-state index contributed by atoms with van der Waals surface area (Å²) in [5.74, 6) is -0.0167. The molecule has 0 saturated heterocycles. The Morgan fingerprint density at radius 3 is 2.31 bits per heavy atom. The molecule has 0 aliphatic heterocycles. The van der Waals surface area contributed by atoms with E-state index < -0.39 is 0 Å². The summed E-state index contributed by atoms with van der Waals surface area (Å²) in [6.07, 6.45) is 0.305. The van der Waals surface area contributed by atoms with Gasteiger partial charge in [0.2, 0.25) is 5.91 Å². The molecular formula is C19H24Cl2N2O3. The highest BCUT2D eigenvalue weighted by Crippen LogP contribution is 2.33. The molecule has 0 aliphatic carbocycles. The molecule has 3 N–H and O–H groups in total. The third kappa shape index (κ3) is 7.62. The van der Waals surface area contributed by atoms with Crippen molar-refractivity contribution in [2.24, 2.45) is 0 Å². The molecular weight excluding hydrogens is 375 g/mol.